The van der Waals surface area contributed by atoms with Gasteiger partial charge in [0.15, 0.2) is 0 Å². The van der Waals surface area contributed by atoms with Crippen molar-refractivity contribution >= 4 is 53.0 Å². The van der Waals surface area contributed by atoms with Crippen LogP contribution in [-0.4, -0.2) is 29.0 Å². The minimum absolute atomic E-state index is 0.294. The van der Waals surface area contributed by atoms with Gasteiger partial charge in [-0.3, -0.25) is 0 Å². The Labute approximate surface area is 171 Å². The van der Waals surface area contributed by atoms with Crippen LogP contribution in [0.1, 0.15) is 37.1 Å². The molecule has 136 valence electrons. The van der Waals surface area contributed by atoms with E-state index >= 15 is 0 Å². The number of carbonyl (C=O) groups excluding carboxylic acids is 1. The zero-order chi connectivity index (χ0) is 17.8. The van der Waals surface area contributed by atoms with Crippen molar-refractivity contribution in [2.75, 3.05) is 23.0 Å². The lowest BCUT2D eigenvalue weighted by Gasteiger charge is -2.21. The molecule has 2 nitrogen and oxygen atoms in total. The first-order valence-electron chi connectivity index (χ1n) is 8.68. The summed E-state index contributed by atoms with van der Waals surface area (Å²) in [5.74, 6) is 5.16. The molecule has 2 fully saturated rings. The fourth-order valence-corrected chi connectivity index (χ4v) is 8.62. The molecule has 0 spiro atoms. The van der Waals surface area contributed by atoms with Gasteiger partial charge in [-0.05, 0) is 53.3 Å². The standard InChI is InChI=1S/C20H20O2S4/c21-18(14-2-4-15(5-3-14)19-23-10-1-11-24-19)22-17-8-6-16(7-9-17)20-25-12-13-26-20/h2-9,19-20H,1,10-13H2. The molecule has 2 aliphatic rings. The number of benzene rings is 2. The monoisotopic (exact) mass is 420 g/mol. The maximum atomic E-state index is 12.4. The summed E-state index contributed by atoms with van der Waals surface area (Å²) in [6, 6.07) is 15.8. The first kappa shape index (κ1) is 18.7. The lowest BCUT2D eigenvalue weighted by atomic mass is 10.1. The van der Waals surface area contributed by atoms with Gasteiger partial charge in [-0.1, -0.05) is 24.3 Å². The first-order valence-corrected chi connectivity index (χ1v) is 12.9. The second-order valence-electron chi connectivity index (χ2n) is 6.08. The van der Waals surface area contributed by atoms with Crippen LogP contribution in [0.5, 0.6) is 5.75 Å². The zero-order valence-electron chi connectivity index (χ0n) is 14.3. The number of rotatable bonds is 4. The quantitative estimate of drug-likeness (QED) is 0.428. The number of carbonyl (C=O) groups is 1. The highest BCUT2D eigenvalue weighted by molar-refractivity contribution is 8.19. The summed E-state index contributed by atoms with van der Waals surface area (Å²) in [6.07, 6.45) is 1.28. The summed E-state index contributed by atoms with van der Waals surface area (Å²) in [7, 11) is 0. The molecule has 0 aliphatic carbocycles. The largest absolute Gasteiger partial charge is 0.423 e. The molecular formula is C20H20O2S4. The lowest BCUT2D eigenvalue weighted by molar-refractivity contribution is 0.0734. The van der Waals surface area contributed by atoms with Crippen LogP contribution in [0.25, 0.3) is 0 Å². The zero-order valence-corrected chi connectivity index (χ0v) is 17.5. The highest BCUT2D eigenvalue weighted by Crippen LogP contribution is 2.45. The molecule has 6 heteroatoms. The molecule has 0 radical (unpaired) electrons. The average molecular weight is 421 g/mol. The average Bonchev–Trinajstić information content (AvgIpc) is 3.24. The molecule has 0 bridgehead atoms. The normalized spacial score (nSPS) is 18.8. The number of hydrogen-bond acceptors (Lipinski definition) is 6. The van der Waals surface area contributed by atoms with Gasteiger partial charge in [0.2, 0.25) is 0 Å². The van der Waals surface area contributed by atoms with Gasteiger partial charge < -0.3 is 4.74 Å². The van der Waals surface area contributed by atoms with E-state index in [1.165, 1.54) is 40.6 Å². The molecule has 2 aromatic rings. The number of hydrogen-bond donors (Lipinski definition) is 0. The number of ether oxygens (including phenoxy) is 1. The Morgan fingerprint density at radius 3 is 1.81 bits per heavy atom. The van der Waals surface area contributed by atoms with Crippen molar-refractivity contribution in [2.24, 2.45) is 0 Å². The summed E-state index contributed by atoms with van der Waals surface area (Å²) in [5.41, 5.74) is 3.18. The molecule has 2 heterocycles. The van der Waals surface area contributed by atoms with Gasteiger partial charge in [0.1, 0.15) is 5.75 Å². The van der Waals surface area contributed by atoms with E-state index in [0.29, 0.717) is 20.5 Å². The van der Waals surface area contributed by atoms with Crippen molar-refractivity contribution in [1.29, 1.82) is 0 Å². The van der Waals surface area contributed by atoms with Gasteiger partial charge in [-0.15, -0.1) is 47.0 Å². The first-order chi connectivity index (χ1) is 12.8. The molecule has 4 rings (SSSR count). The van der Waals surface area contributed by atoms with Gasteiger partial charge in [0.25, 0.3) is 0 Å². The fraction of sp³-hybridized carbons (Fsp3) is 0.350. The van der Waals surface area contributed by atoms with Crippen molar-refractivity contribution < 1.29 is 9.53 Å². The van der Waals surface area contributed by atoms with E-state index in [1.54, 1.807) is 0 Å². The van der Waals surface area contributed by atoms with Gasteiger partial charge in [-0.2, -0.15) is 0 Å². The predicted octanol–water partition coefficient (Wildman–Crippen LogP) is 6.25. The van der Waals surface area contributed by atoms with Crippen LogP contribution in [0.15, 0.2) is 48.5 Å². The van der Waals surface area contributed by atoms with Gasteiger partial charge in [-0.25, -0.2) is 4.79 Å². The lowest BCUT2D eigenvalue weighted by Crippen LogP contribution is -2.09. The van der Waals surface area contributed by atoms with E-state index in [1.807, 2.05) is 71.3 Å². The van der Waals surface area contributed by atoms with Crippen molar-refractivity contribution in [1.82, 2.24) is 0 Å². The maximum absolute atomic E-state index is 12.4. The molecule has 0 atom stereocenters. The van der Waals surface area contributed by atoms with Gasteiger partial charge in [0, 0.05) is 11.5 Å². The highest BCUT2D eigenvalue weighted by Gasteiger charge is 2.19. The third-order valence-electron chi connectivity index (χ3n) is 4.23. The fourth-order valence-electron chi connectivity index (χ4n) is 2.87. The van der Waals surface area contributed by atoms with E-state index in [2.05, 4.69) is 24.3 Å². The molecule has 2 saturated heterocycles. The van der Waals surface area contributed by atoms with E-state index in [-0.39, 0.29) is 5.97 Å². The Morgan fingerprint density at radius 2 is 1.23 bits per heavy atom. The van der Waals surface area contributed by atoms with Crippen LogP contribution in [0.2, 0.25) is 0 Å². The van der Waals surface area contributed by atoms with Gasteiger partial charge in [0.05, 0.1) is 14.7 Å². The number of esters is 1. The molecule has 0 N–H and O–H groups in total. The smallest absolute Gasteiger partial charge is 0.343 e. The summed E-state index contributed by atoms with van der Waals surface area (Å²) >= 11 is 7.93. The number of thioether (sulfide) groups is 4. The van der Waals surface area contributed by atoms with Crippen LogP contribution in [-0.2, 0) is 0 Å². The SMILES string of the molecule is O=C(Oc1ccc(C2SCCS2)cc1)c1ccc(C2SCCCS2)cc1. The Balaban J connectivity index is 1.38. The second kappa shape index (κ2) is 9.00. The minimum Gasteiger partial charge on any atom is -0.423 e. The molecular weight excluding hydrogens is 400 g/mol. The maximum Gasteiger partial charge on any atom is 0.343 e. The Hall–Kier alpha value is -0.690. The van der Waals surface area contributed by atoms with E-state index in [9.17, 15) is 4.79 Å². The predicted molar refractivity (Wildman–Crippen MR) is 118 cm³/mol. The van der Waals surface area contributed by atoms with Gasteiger partial charge >= 0.3 is 5.97 Å². The topological polar surface area (TPSA) is 26.3 Å². The van der Waals surface area contributed by atoms with Crippen molar-refractivity contribution in [3.05, 3.63) is 65.2 Å². The summed E-state index contributed by atoms with van der Waals surface area (Å²) < 4.78 is 6.55. The van der Waals surface area contributed by atoms with Crippen molar-refractivity contribution in [3.8, 4) is 5.75 Å². The molecule has 0 unspecified atom stereocenters. The van der Waals surface area contributed by atoms with Crippen LogP contribution in [0, 0.1) is 0 Å². The Bertz CT molecular complexity index is 733. The molecule has 26 heavy (non-hydrogen) atoms. The molecule has 0 saturated carbocycles. The van der Waals surface area contributed by atoms with E-state index in [0.717, 1.165) is 0 Å². The summed E-state index contributed by atoms with van der Waals surface area (Å²) in [4.78, 5) is 12.4. The van der Waals surface area contributed by atoms with E-state index < -0.39 is 0 Å². The van der Waals surface area contributed by atoms with Crippen LogP contribution < -0.4 is 4.74 Å². The highest BCUT2D eigenvalue weighted by atomic mass is 32.2. The third kappa shape index (κ3) is 4.58. The molecule has 2 aromatic carbocycles. The van der Waals surface area contributed by atoms with Crippen LogP contribution >= 0.6 is 47.0 Å². The second-order valence-corrected chi connectivity index (χ2v) is 11.5. The van der Waals surface area contributed by atoms with E-state index in [4.69, 9.17) is 4.74 Å². The van der Waals surface area contributed by atoms with Crippen molar-refractivity contribution in [2.45, 2.75) is 15.6 Å². The third-order valence-corrected chi connectivity index (χ3v) is 10.3. The molecule has 2 aliphatic heterocycles. The molecule has 0 amide bonds. The minimum atomic E-state index is -0.294. The van der Waals surface area contributed by atoms with Crippen LogP contribution in [0.4, 0.5) is 0 Å². The Kier molecular flexibility index (Phi) is 6.46. The Morgan fingerprint density at radius 1 is 0.731 bits per heavy atom. The summed E-state index contributed by atoms with van der Waals surface area (Å²) in [5, 5.41) is 0. The molecule has 0 aromatic heterocycles. The van der Waals surface area contributed by atoms with Crippen molar-refractivity contribution in [3.63, 3.8) is 0 Å². The summed E-state index contributed by atoms with van der Waals surface area (Å²) in [6.45, 7) is 0. The van der Waals surface area contributed by atoms with Crippen LogP contribution in [0.3, 0.4) is 0 Å².